The SMILES string of the molecule is CCc1ccc(C(=O)CCC(=O)NC2CCN(S(C)(=O)=O)CC2)cc1. The summed E-state index contributed by atoms with van der Waals surface area (Å²) in [6.45, 7) is 2.90. The van der Waals surface area contributed by atoms with E-state index in [2.05, 4.69) is 12.2 Å². The van der Waals surface area contributed by atoms with Gasteiger partial charge in [-0.2, -0.15) is 0 Å². The van der Waals surface area contributed by atoms with Crippen molar-refractivity contribution in [3.8, 4) is 0 Å². The fourth-order valence-corrected chi connectivity index (χ4v) is 3.80. The number of nitrogens with zero attached hydrogens (tertiary/aromatic N) is 1. The molecule has 1 N–H and O–H groups in total. The maximum Gasteiger partial charge on any atom is 0.220 e. The Morgan fingerprint density at radius 2 is 1.72 bits per heavy atom. The summed E-state index contributed by atoms with van der Waals surface area (Å²) in [7, 11) is -3.16. The number of piperidine rings is 1. The number of carbonyl (C=O) groups excluding carboxylic acids is 2. The topological polar surface area (TPSA) is 83.6 Å². The summed E-state index contributed by atoms with van der Waals surface area (Å²) in [5, 5.41) is 2.90. The number of hydrogen-bond donors (Lipinski definition) is 1. The van der Waals surface area contributed by atoms with Gasteiger partial charge in [0.25, 0.3) is 0 Å². The molecule has 138 valence electrons. The lowest BCUT2D eigenvalue weighted by Crippen LogP contribution is -2.46. The molecule has 0 atom stereocenters. The van der Waals surface area contributed by atoms with E-state index in [4.69, 9.17) is 0 Å². The summed E-state index contributed by atoms with van der Waals surface area (Å²) in [5.41, 5.74) is 1.81. The lowest BCUT2D eigenvalue weighted by Gasteiger charge is -2.30. The molecule has 0 unspecified atom stereocenters. The molecule has 6 nitrogen and oxygen atoms in total. The van der Waals surface area contributed by atoms with Crippen LogP contribution >= 0.6 is 0 Å². The molecule has 0 spiro atoms. The van der Waals surface area contributed by atoms with Gasteiger partial charge in [0.15, 0.2) is 5.78 Å². The molecular formula is C18H26N2O4S. The fourth-order valence-electron chi connectivity index (χ4n) is 2.93. The van der Waals surface area contributed by atoms with Crippen molar-refractivity contribution in [2.75, 3.05) is 19.3 Å². The van der Waals surface area contributed by atoms with Gasteiger partial charge in [0.1, 0.15) is 0 Å². The number of aryl methyl sites for hydroxylation is 1. The Morgan fingerprint density at radius 1 is 1.12 bits per heavy atom. The predicted molar refractivity (Wildman–Crippen MR) is 97.0 cm³/mol. The van der Waals surface area contributed by atoms with E-state index < -0.39 is 10.0 Å². The molecule has 1 aromatic rings. The first kappa shape index (κ1) is 19.6. The third kappa shape index (κ3) is 5.93. The van der Waals surface area contributed by atoms with E-state index in [-0.39, 0.29) is 30.6 Å². The maximum atomic E-state index is 12.1. The lowest BCUT2D eigenvalue weighted by atomic mass is 10.0. The fraction of sp³-hybridized carbons (Fsp3) is 0.556. The summed E-state index contributed by atoms with van der Waals surface area (Å²) >= 11 is 0. The van der Waals surface area contributed by atoms with Crippen molar-refractivity contribution in [2.45, 2.75) is 45.1 Å². The van der Waals surface area contributed by atoms with Crippen molar-refractivity contribution in [1.82, 2.24) is 9.62 Å². The molecule has 1 fully saturated rings. The molecule has 0 radical (unpaired) electrons. The number of rotatable bonds is 7. The Bertz CT molecular complexity index is 705. The van der Waals surface area contributed by atoms with Crippen molar-refractivity contribution in [1.29, 1.82) is 0 Å². The van der Waals surface area contributed by atoms with E-state index >= 15 is 0 Å². The molecule has 0 bridgehead atoms. The highest BCUT2D eigenvalue weighted by Crippen LogP contribution is 2.14. The zero-order valence-corrected chi connectivity index (χ0v) is 15.6. The van der Waals surface area contributed by atoms with Crippen LogP contribution in [-0.4, -0.2) is 49.8 Å². The van der Waals surface area contributed by atoms with E-state index in [0.717, 1.165) is 6.42 Å². The summed E-state index contributed by atoms with van der Waals surface area (Å²) in [4.78, 5) is 24.2. The monoisotopic (exact) mass is 366 g/mol. The second kappa shape index (κ2) is 8.58. The molecule has 1 aliphatic rings. The molecule has 1 aliphatic heterocycles. The number of Topliss-reactive ketones (excluding diaryl/α,β-unsaturated/α-hetero) is 1. The minimum Gasteiger partial charge on any atom is -0.353 e. The van der Waals surface area contributed by atoms with Gasteiger partial charge in [-0.25, -0.2) is 12.7 Å². The molecule has 2 rings (SSSR count). The largest absolute Gasteiger partial charge is 0.353 e. The van der Waals surface area contributed by atoms with Crippen LogP contribution < -0.4 is 5.32 Å². The zero-order valence-electron chi connectivity index (χ0n) is 14.8. The first-order chi connectivity index (χ1) is 11.8. The third-order valence-electron chi connectivity index (χ3n) is 4.55. The van der Waals surface area contributed by atoms with Gasteiger partial charge in [0.05, 0.1) is 6.26 Å². The van der Waals surface area contributed by atoms with Gasteiger partial charge in [0, 0.05) is 37.5 Å². The predicted octanol–water partition coefficient (Wildman–Crippen LogP) is 1.75. The van der Waals surface area contributed by atoms with Gasteiger partial charge in [-0.3, -0.25) is 9.59 Å². The molecule has 1 amide bonds. The number of ketones is 1. The normalized spacial score (nSPS) is 16.6. The van der Waals surface area contributed by atoms with Crippen LogP contribution in [-0.2, 0) is 21.2 Å². The van der Waals surface area contributed by atoms with Crippen LogP contribution in [0, 0.1) is 0 Å². The van der Waals surface area contributed by atoms with E-state index in [1.165, 1.54) is 16.1 Å². The van der Waals surface area contributed by atoms with E-state index in [1.807, 2.05) is 12.1 Å². The number of carbonyl (C=O) groups is 2. The van der Waals surface area contributed by atoms with Crippen LogP contribution in [0.15, 0.2) is 24.3 Å². The molecule has 25 heavy (non-hydrogen) atoms. The van der Waals surface area contributed by atoms with Crippen molar-refractivity contribution in [2.24, 2.45) is 0 Å². The van der Waals surface area contributed by atoms with Crippen LogP contribution in [0.1, 0.15) is 48.5 Å². The quantitative estimate of drug-likeness (QED) is 0.745. The standard InChI is InChI=1S/C18H26N2O4S/c1-3-14-4-6-15(7-5-14)17(21)8-9-18(22)19-16-10-12-20(13-11-16)25(2,23)24/h4-7,16H,3,8-13H2,1-2H3,(H,19,22). The third-order valence-corrected chi connectivity index (χ3v) is 5.85. The van der Waals surface area contributed by atoms with Crippen molar-refractivity contribution >= 4 is 21.7 Å². The van der Waals surface area contributed by atoms with Crippen molar-refractivity contribution in [3.05, 3.63) is 35.4 Å². The van der Waals surface area contributed by atoms with Crippen LogP contribution in [0.3, 0.4) is 0 Å². The lowest BCUT2D eigenvalue weighted by molar-refractivity contribution is -0.122. The molecular weight excluding hydrogens is 340 g/mol. The highest BCUT2D eigenvalue weighted by Gasteiger charge is 2.25. The van der Waals surface area contributed by atoms with Gasteiger partial charge in [-0.1, -0.05) is 31.2 Å². The molecule has 0 aliphatic carbocycles. The van der Waals surface area contributed by atoms with Gasteiger partial charge in [-0.15, -0.1) is 0 Å². The minimum absolute atomic E-state index is 0.0237. The van der Waals surface area contributed by atoms with Crippen LogP contribution in [0.5, 0.6) is 0 Å². The Hall–Kier alpha value is -1.73. The number of amides is 1. The number of nitrogens with one attached hydrogen (secondary N) is 1. The Balaban J connectivity index is 1.74. The molecule has 1 saturated heterocycles. The average Bonchev–Trinajstić information content (AvgIpc) is 2.59. The summed E-state index contributed by atoms with van der Waals surface area (Å²) < 4.78 is 24.4. The van der Waals surface area contributed by atoms with Crippen LogP contribution in [0.25, 0.3) is 0 Å². The second-order valence-corrected chi connectivity index (χ2v) is 8.46. The van der Waals surface area contributed by atoms with Crippen molar-refractivity contribution < 1.29 is 18.0 Å². The zero-order chi connectivity index (χ0) is 18.4. The highest BCUT2D eigenvalue weighted by atomic mass is 32.2. The number of benzene rings is 1. The van der Waals surface area contributed by atoms with Crippen molar-refractivity contribution in [3.63, 3.8) is 0 Å². The van der Waals surface area contributed by atoms with E-state index in [0.29, 0.717) is 31.5 Å². The molecule has 7 heteroatoms. The molecule has 1 aromatic carbocycles. The molecule has 0 aromatic heterocycles. The highest BCUT2D eigenvalue weighted by molar-refractivity contribution is 7.88. The number of hydrogen-bond acceptors (Lipinski definition) is 4. The smallest absolute Gasteiger partial charge is 0.220 e. The van der Waals surface area contributed by atoms with Gasteiger partial charge >= 0.3 is 0 Å². The van der Waals surface area contributed by atoms with Gasteiger partial charge in [0.2, 0.25) is 15.9 Å². The first-order valence-electron chi connectivity index (χ1n) is 8.66. The van der Waals surface area contributed by atoms with Gasteiger partial charge in [-0.05, 0) is 24.8 Å². The van der Waals surface area contributed by atoms with Crippen LogP contribution in [0.4, 0.5) is 0 Å². The van der Waals surface area contributed by atoms with Crippen LogP contribution in [0.2, 0.25) is 0 Å². The van der Waals surface area contributed by atoms with E-state index in [9.17, 15) is 18.0 Å². The maximum absolute atomic E-state index is 12.1. The average molecular weight is 366 g/mol. The summed E-state index contributed by atoms with van der Waals surface area (Å²) in [6, 6.07) is 7.45. The Morgan fingerprint density at radius 3 is 2.24 bits per heavy atom. The first-order valence-corrected chi connectivity index (χ1v) is 10.5. The minimum atomic E-state index is -3.16. The number of sulfonamides is 1. The Kier molecular flexibility index (Phi) is 6.72. The second-order valence-electron chi connectivity index (χ2n) is 6.48. The molecule has 1 heterocycles. The molecule has 0 saturated carbocycles. The summed E-state index contributed by atoms with van der Waals surface area (Å²) in [6.07, 6.45) is 3.66. The Labute approximate surface area is 149 Å². The van der Waals surface area contributed by atoms with Gasteiger partial charge < -0.3 is 5.32 Å². The van der Waals surface area contributed by atoms with E-state index in [1.54, 1.807) is 12.1 Å². The summed E-state index contributed by atoms with van der Waals surface area (Å²) in [5.74, 6) is -0.193.